The van der Waals surface area contributed by atoms with Crippen LogP contribution in [0.2, 0.25) is 5.02 Å². The van der Waals surface area contributed by atoms with Crippen LogP contribution in [0.1, 0.15) is 5.56 Å². The van der Waals surface area contributed by atoms with Gasteiger partial charge in [0.1, 0.15) is 13.2 Å². The van der Waals surface area contributed by atoms with E-state index in [1.54, 1.807) is 28.6 Å². The molecule has 0 saturated carbocycles. The van der Waals surface area contributed by atoms with Crippen molar-refractivity contribution in [3.63, 3.8) is 0 Å². The number of fused-ring (bicyclic) bond motifs is 1. The molecule has 8 heteroatoms. The Kier molecular flexibility index (Phi) is 5.27. The van der Waals surface area contributed by atoms with Crippen LogP contribution in [0.4, 0.5) is 0 Å². The van der Waals surface area contributed by atoms with E-state index < -0.39 is 10.0 Å². The lowest BCUT2D eigenvalue weighted by Gasteiger charge is -2.34. The first-order chi connectivity index (χ1) is 13.0. The number of halogens is 1. The van der Waals surface area contributed by atoms with Crippen LogP contribution in [0, 0.1) is 0 Å². The van der Waals surface area contributed by atoms with Crippen molar-refractivity contribution in [3.05, 3.63) is 53.1 Å². The summed E-state index contributed by atoms with van der Waals surface area (Å²) in [6.07, 6.45) is 0. The zero-order chi connectivity index (χ0) is 18.9. The largest absolute Gasteiger partial charge is 0.486 e. The average Bonchev–Trinajstić information content (AvgIpc) is 2.69. The van der Waals surface area contributed by atoms with Crippen molar-refractivity contribution >= 4 is 21.6 Å². The molecule has 0 aromatic heterocycles. The van der Waals surface area contributed by atoms with Gasteiger partial charge >= 0.3 is 0 Å². The molecule has 144 valence electrons. The second-order valence-corrected chi connectivity index (χ2v) is 8.94. The molecular formula is C19H21ClN2O4S. The molecule has 2 aliphatic heterocycles. The van der Waals surface area contributed by atoms with Crippen LogP contribution in [0.3, 0.4) is 0 Å². The maximum absolute atomic E-state index is 12.7. The number of hydrogen-bond acceptors (Lipinski definition) is 5. The predicted octanol–water partition coefficient (Wildman–Crippen LogP) is 2.62. The minimum Gasteiger partial charge on any atom is -0.486 e. The van der Waals surface area contributed by atoms with E-state index in [2.05, 4.69) is 4.90 Å². The molecule has 0 amide bonds. The van der Waals surface area contributed by atoms with Gasteiger partial charge in [0, 0.05) is 32.7 Å². The first-order valence-corrected chi connectivity index (χ1v) is 10.7. The topological polar surface area (TPSA) is 59.1 Å². The van der Waals surface area contributed by atoms with E-state index in [1.807, 2.05) is 18.2 Å². The summed E-state index contributed by atoms with van der Waals surface area (Å²) in [5.41, 5.74) is 1.03. The van der Waals surface area contributed by atoms with Gasteiger partial charge in [-0.1, -0.05) is 29.8 Å². The molecule has 0 unspecified atom stereocenters. The van der Waals surface area contributed by atoms with Crippen molar-refractivity contribution in [1.82, 2.24) is 9.21 Å². The zero-order valence-electron chi connectivity index (χ0n) is 14.8. The number of hydrogen-bond donors (Lipinski definition) is 0. The summed E-state index contributed by atoms with van der Waals surface area (Å²) in [4.78, 5) is 2.57. The molecule has 27 heavy (non-hydrogen) atoms. The third kappa shape index (κ3) is 3.91. The summed E-state index contributed by atoms with van der Waals surface area (Å²) in [7, 11) is -3.43. The molecule has 0 N–H and O–H groups in total. The second kappa shape index (κ2) is 7.67. The Morgan fingerprint density at radius 2 is 1.67 bits per heavy atom. The lowest BCUT2D eigenvalue weighted by Crippen LogP contribution is -2.48. The number of ether oxygens (including phenoxy) is 2. The lowest BCUT2D eigenvalue weighted by atomic mass is 10.1. The fourth-order valence-electron chi connectivity index (χ4n) is 3.38. The van der Waals surface area contributed by atoms with E-state index in [-0.39, 0.29) is 0 Å². The van der Waals surface area contributed by atoms with E-state index in [0.29, 0.717) is 67.4 Å². The van der Waals surface area contributed by atoms with Crippen LogP contribution < -0.4 is 9.47 Å². The van der Waals surface area contributed by atoms with Crippen molar-refractivity contribution in [2.24, 2.45) is 0 Å². The number of benzene rings is 2. The Morgan fingerprint density at radius 3 is 2.41 bits per heavy atom. The van der Waals surface area contributed by atoms with Crippen LogP contribution in [0.25, 0.3) is 0 Å². The standard InChI is InChI=1S/C19H21ClN2O4S/c20-17-12-15(13-18-19(17)26-11-10-25-18)14-21-6-8-22(9-7-21)27(23,24)16-4-2-1-3-5-16/h1-5,12-13H,6-11,14H2. The smallest absolute Gasteiger partial charge is 0.243 e. The number of sulfonamides is 1. The van der Waals surface area contributed by atoms with Crippen LogP contribution in [-0.4, -0.2) is 57.0 Å². The van der Waals surface area contributed by atoms with E-state index >= 15 is 0 Å². The van der Waals surface area contributed by atoms with Gasteiger partial charge in [-0.25, -0.2) is 8.42 Å². The van der Waals surface area contributed by atoms with Crippen LogP contribution in [0.5, 0.6) is 11.5 Å². The molecule has 2 aromatic rings. The van der Waals surface area contributed by atoms with Gasteiger partial charge in [-0.15, -0.1) is 0 Å². The van der Waals surface area contributed by atoms with Crippen molar-refractivity contribution in [1.29, 1.82) is 0 Å². The molecule has 2 heterocycles. The van der Waals surface area contributed by atoms with E-state index in [0.717, 1.165) is 5.56 Å². The van der Waals surface area contributed by atoms with Gasteiger partial charge in [-0.2, -0.15) is 4.31 Å². The second-order valence-electron chi connectivity index (χ2n) is 6.60. The third-order valence-electron chi connectivity index (χ3n) is 4.78. The Labute approximate surface area is 164 Å². The molecule has 6 nitrogen and oxygen atoms in total. The first kappa shape index (κ1) is 18.6. The van der Waals surface area contributed by atoms with Gasteiger partial charge < -0.3 is 9.47 Å². The highest BCUT2D eigenvalue weighted by Crippen LogP contribution is 2.38. The molecule has 1 fully saturated rings. The maximum Gasteiger partial charge on any atom is 0.243 e. The molecule has 1 saturated heterocycles. The SMILES string of the molecule is O=S(=O)(c1ccccc1)N1CCN(Cc2cc(Cl)c3c(c2)OCCO3)CC1. The van der Waals surface area contributed by atoms with Gasteiger partial charge in [0.15, 0.2) is 11.5 Å². The van der Waals surface area contributed by atoms with E-state index in [1.165, 1.54) is 0 Å². The van der Waals surface area contributed by atoms with Crippen molar-refractivity contribution < 1.29 is 17.9 Å². The van der Waals surface area contributed by atoms with Gasteiger partial charge in [0.25, 0.3) is 0 Å². The van der Waals surface area contributed by atoms with Crippen molar-refractivity contribution in [2.45, 2.75) is 11.4 Å². The molecular weight excluding hydrogens is 388 g/mol. The summed E-state index contributed by atoms with van der Waals surface area (Å²) in [6, 6.07) is 12.4. The number of rotatable bonds is 4. The average molecular weight is 409 g/mol. The molecule has 0 bridgehead atoms. The summed E-state index contributed by atoms with van der Waals surface area (Å²) >= 11 is 6.30. The molecule has 0 aliphatic carbocycles. The van der Waals surface area contributed by atoms with Gasteiger partial charge in [-0.05, 0) is 29.8 Å². The Bertz CT molecular complexity index is 913. The first-order valence-electron chi connectivity index (χ1n) is 8.89. The minimum absolute atomic E-state index is 0.345. The van der Waals surface area contributed by atoms with Gasteiger partial charge in [-0.3, -0.25) is 4.90 Å². The Balaban J connectivity index is 1.41. The monoisotopic (exact) mass is 408 g/mol. The molecule has 0 spiro atoms. The fourth-order valence-corrected chi connectivity index (χ4v) is 5.11. The quantitative estimate of drug-likeness (QED) is 0.778. The van der Waals surface area contributed by atoms with E-state index in [4.69, 9.17) is 21.1 Å². The van der Waals surface area contributed by atoms with Crippen LogP contribution in [0.15, 0.2) is 47.4 Å². The highest BCUT2D eigenvalue weighted by atomic mass is 35.5. The third-order valence-corrected chi connectivity index (χ3v) is 6.97. The van der Waals surface area contributed by atoms with Crippen LogP contribution in [-0.2, 0) is 16.6 Å². The summed E-state index contributed by atoms with van der Waals surface area (Å²) in [5.74, 6) is 1.28. The van der Waals surface area contributed by atoms with Gasteiger partial charge in [0.2, 0.25) is 10.0 Å². The number of piperazine rings is 1. The van der Waals surface area contributed by atoms with Gasteiger partial charge in [0.05, 0.1) is 9.92 Å². The van der Waals surface area contributed by atoms with Crippen molar-refractivity contribution in [3.8, 4) is 11.5 Å². The Hall–Kier alpha value is -1.80. The van der Waals surface area contributed by atoms with Crippen molar-refractivity contribution in [2.75, 3.05) is 39.4 Å². The minimum atomic E-state index is -3.43. The normalized spacial score (nSPS) is 18.4. The molecule has 0 atom stereocenters. The van der Waals surface area contributed by atoms with E-state index in [9.17, 15) is 8.42 Å². The molecule has 2 aliphatic rings. The lowest BCUT2D eigenvalue weighted by molar-refractivity contribution is 0.169. The summed E-state index contributed by atoms with van der Waals surface area (Å²) in [6.45, 7) is 3.98. The Morgan fingerprint density at radius 1 is 0.963 bits per heavy atom. The molecule has 0 radical (unpaired) electrons. The maximum atomic E-state index is 12.7. The zero-order valence-corrected chi connectivity index (χ0v) is 16.4. The fraction of sp³-hybridized carbons (Fsp3) is 0.368. The molecule has 2 aromatic carbocycles. The van der Waals surface area contributed by atoms with Crippen LogP contribution >= 0.6 is 11.6 Å². The highest BCUT2D eigenvalue weighted by Gasteiger charge is 2.28. The summed E-state index contributed by atoms with van der Waals surface area (Å²) in [5, 5.41) is 0.549. The predicted molar refractivity (Wildman–Crippen MR) is 103 cm³/mol. The molecule has 4 rings (SSSR count). The highest BCUT2D eigenvalue weighted by molar-refractivity contribution is 7.89. The number of nitrogens with zero attached hydrogens (tertiary/aromatic N) is 2. The summed E-state index contributed by atoms with van der Waals surface area (Å²) < 4.78 is 38.2.